The summed E-state index contributed by atoms with van der Waals surface area (Å²) < 4.78 is 42.6. The van der Waals surface area contributed by atoms with E-state index in [1.165, 1.54) is 22.5 Å². The Hall–Kier alpha value is -1.84. The number of sulfonamides is 1. The van der Waals surface area contributed by atoms with Gasteiger partial charge in [-0.25, -0.2) is 13.2 Å². The molecule has 0 saturated carbocycles. The average Bonchev–Trinajstić information content (AvgIpc) is 2.73. The lowest BCUT2D eigenvalue weighted by Gasteiger charge is -2.26. The number of benzene rings is 2. The highest BCUT2D eigenvalue weighted by Gasteiger charge is 2.27. The van der Waals surface area contributed by atoms with E-state index >= 15 is 0 Å². The van der Waals surface area contributed by atoms with Gasteiger partial charge in [-0.15, -0.1) is 0 Å². The zero-order chi connectivity index (χ0) is 20.9. The van der Waals surface area contributed by atoms with Crippen LogP contribution in [0.4, 0.5) is 0 Å². The number of rotatable bonds is 7. The van der Waals surface area contributed by atoms with E-state index in [4.69, 9.17) is 37.4 Å². The number of morpholine rings is 1. The molecule has 10 heteroatoms. The lowest BCUT2D eigenvalue weighted by molar-refractivity contribution is 0.0450. The molecule has 156 valence electrons. The Balaban J connectivity index is 1.62. The molecule has 0 aromatic heterocycles. The fourth-order valence-electron chi connectivity index (χ4n) is 2.66. The molecule has 0 bridgehead atoms. The third-order valence-electron chi connectivity index (χ3n) is 4.16. The summed E-state index contributed by atoms with van der Waals surface area (Å²) in [5.74, 6) is -0.143. The van der Waals surface area contributed by atoms with Gasteiger partial charge in [0.1, 0.15) is 19.0 Å². The molecule has 1 heterocycles. The van der Waals surface area contributed by atoms with Crippen LogP contribution in [-0.2, 0) is 19.5 Å². The predicted octanol–water partition coefficient (Wildman–Crippen LogP) is 3.25. The summed E-state index contributed by atoms with van der Waals surface area (Å²) in [5, 5.41) is 0.694. The van der Waals surface area contributed by atoms with E-state index in [-0.39, 0.29) is 41.8 Å². The summed E-state index contributed by atoms with van der Waals surface area (Å²) in [6, 6.07) is 10.7. The molecule has 0 atom stereocenters. The van der Waals surface area contributed by atoms with Gasteiger partial charge in [-0.1, -0.05) is 23.2 Å². The van der Waals surface area contributed by atoms with Crippen molar-refractivity contribution < 1.29 is 27.4 Å². The number of carbonyl (C=O) groups excluding carboxylic acids is 1. The lowest BCUT2D eigenvalue weighted by atomic mass is 10.2. The fraction of sp³-hybridized carbons (Fsp3) is 0.316. The Morgan fingerprint density at radius 3 is 2.41 bits per heavy atom. The van der Waals surface area contributed by atoms with Crippen LogP contribution in [0.1, 0.15) is 10.4 Å². The van der Waals surface area contributed by atoms with Gasteiger partial charge in [0.05, 0.1) is 28.7 Å². The van der Waals surface area contributed by atoms with Gasteiger partial charge < -0.3 is 14.2 Å². The Morgan fingerprint density at radius 2 is 1.72 bits per heavy atom. The molecule has 1 aliphatic heterocycles. The van der Waals surface area contributed by atoms with Crippen molar-refractivity contribution in [3.63, 3.8) is 0 Å². The van der Waals surface area contributed by atoms with Crippen LogP contribution in [0, 0.1) is 0 Å². The van der Waals surface area contributed by atoms with Crippen molar-refractivity contribution in [1.29, 1.82) is 0 Å². The third-order valence-corrected chi connectivity index (χ3v) is 6.64. The maximum Gasteiger partial charge on any atom is 0.339 e. The number of ether oxygens (including phenoxy) is 3. The van der Waals surface area contributed by atoms with Crippen molar-refractivity contribution in [3.8, 4) is 5.75 Å². The van der Waals surface area contributed by atoms with E-state index in [1.54, 1.807) is 24.3 Å². The molecular formula is C19H19Cl2NO6S. The van der Waals surface area contributed by atoms with Crippen molar-refractivity contribution in [3.05, 3.63) is 58.1 Å². The zero-order valence-corrected chi connectivity index (χ0v) is 17.7. The van der Waals surface area contributed by atoms with E-state index in [9.17, 15) is 13.2 Å². The molecule has 0 radical (unpaired) electrons. The van der Waals surface area contributed by atoms with Crippen molar-refractivity contribution in [2.45, 2.75) is 4.90 Å². The Kier molecular flexibility index (Phi) is 7.37. The van der Waals surface area contributed by atoms with Crippen molar-refractivity contribution in [2.24, 2.45) is 0 Å². The smallest absolute Gasteiger partial charge is 0.339 e. The number of esters is 1. The standard InChI is InChI=1S/C19H19Cl2NO6S/c20-14-1-3-15(4-2-14)27-11-12-28-19(23)17-13-16(5-6-18(17)21)29(24,25)22-7-9-26-10-8-22/h1-6,13H,7-12H2. The Labute approximate surface area is 179 Å². The minimum absolute atomic E-state index is 0.0202. The second-order valence-electron chi connectivity index (χ2n) is 6.10. The normalized spacial score (nSPS) is 15.1. The largest absolute Gasteiger partial charge is 0.490 e. The molecule has 0 N–H and O–H groups in total. The minimum atomic E-state index is -3.75. The van der Waals surface area contributed by atoms with Gasteiger partial charge in [0.15, 0.2) is 0 Å². The molecule has 7 nitrogen and oxygen atoms in total. The molecular weight excluding hydrogens is 441 g/mol. The van der Waals surface area contributed by atoms with Crippen molar-refractivity contribution >= 4 is 39.2 Å². The van der Waals surface area contributed by atoms with Gasteiger partial charge in [-0.2, -0.15) is 4.31 Å². The van der Waals surface area contributed by atoms with Crippen LogP contribution in [0.25, 0.3) is 0 Å². The van der Waals surface area contributed by atoms with Crippen LogP contribution in [0.5, 0.6) is 5.75 Å². The van der Waals surface area contributed by atoms with E-state index in [2.05, 4.69) is 0 Å². The van der Waals surface area contributed by atoms with Gasteiger partial charge in [0.2, 0.25) is 10.0 Å². The molecule has 0 spiro atoms. The molecule has 0 aliphatic carbocycles. The molecule has 0 unspecified atom stereocenters. The Morgan fingerprint density at radius 1 is 1.03 bits per heavy atom. The van der Waals surface area contributed by atoms with E-state index in [0.717, 1.165) is 0 Å². The molecule has 29 heavy (non-hydrogen) atoms. The predicted molar refractivity (Wildman–Crippen MR) is 108 cm³/mol. The summed E-state index contributed by atoms with van der Waals surface area (Å²) in [5.41, 5.74) is -0.0208. The number of nitrogens with zero attached hydrogens (tertiary/aromatic N) is 1. The van der Waals surface area contributed by atoms with Gasteiger partial charge in [0.25, 0.3) is 0 Å². The van der Waals surface area contributed by atoms with Crippen LogP contribution in [0.15, 0.2) is 47.4 Å². The average molecular weight is 460 g/mol. The number of hydrogen-bond acceptors (Lipinski definition) is 6. The van der Waals surface area contributed by atoms with E-state index in [1.807, 2.05) is 0 Å². The first-order chi connectivity index (χ1) is 13.9. The quantitative estimate of drug-likeness (QED) is 0.466. The van der Waals surface area contributed by atoms with Crippen LogP contribution in [-0.4, -0.2) is 58.2 Å². The molecule has 1 aliphatic rings. The number of carbonyl (C=O) groups is 1. The highest BCUT2D eigenvalue weighted by molar-refractivity contribution is 7.89. The first-order valence-corrected chi connectivity index (χ1v) is 11.0. The fourth-order valence-corrected chi connectivity index (χ4v) is 4.42. The van der Waals surface area contributed by atoms with Gasteiger partial charge in [-0.05, 0) is 42.5 Å². The zero-order valence-electron chi connectivity index (χ0n) is 15.3. The molecule has 1 saturated heterocycles. The highest BCUT2D eigenvalue weighted by atomic mass is 35.5. The maximum absolute atomic E-state index is 12.8. The maximum atomic E-state index is 12.8. The van der Waals surface area contributed by atoms with E-state index < -0.39 is 16.0 Å². The summed E-state index contributed by atoms with van der Waals surface area (Å²) in [4.78, 5) is 12.3. The van der Waals surface area contributed by atoms with Gasteiger partial charge in [-0.3, -0.25) is 0 Å². The molecule has 1 fully saturated rings. The minimum Gasteiger partial charge on any atom is -0.490 e. The summed E-state index contributed by atoms with van der Waals surface area (Å²) in [6.45, 7) is 1.26. The first kappa shape index (κ1) is 21.9. The summed E-state index contributed by atoms with van der Waals surface area (Å²) >= 11 is 11.9. The lowest BCUT2D eigenvalue weighted by Crippen LogP contribution is -2.40. The van der Waals surface area contributed by atoms with E-state index in [0.29, 0.717) is 24.0 Å². The second kappa shape index (κ2) is 9.77. The van der Waals surface area contributed by atoms with Crippen LogP contribution in [0.3, 0.4) is 0 Å². The molecule has 2 aromatic rings. The van der Waals surface area contributed by atoms with Gasteiger partial charge >= 0.3 is 5.97 Å². The second-order valence-corrected chi connectivity index (χ2v) is 8.88. The van der Waals surface area contributed by atoms with Crippen LogP contribution in [0.2, 0.25) is 10.0 Å². The Bertz CT molecular complexity index is 959. The van der Waals surface area contributed by atoms with Crippen molar-refractivity contribution in [1.82, 2.24) is 4.31 Å². The molecule has 0 amide bonds. The third kappa shape index (κ3) is 5.61. The van der Waals surface area contributed by atoms with Crippen LogP contribution < -0.4 is 4.74 Å². The SMILES string of the molecule is O=C(OCCOc1ccc(Cl)cc1)c1cc(S(=O)(=O)N2CCOCC2)ccc1Cl. The van der Waals surface area contributed by atoms with Crippen molar-refractivity contribution in [2.75, 3.05) is 39.5 Å². The summed E-state index contributed by atoms with van der Waals surface area (Å²) in [6.07, 6.45) is 0. The number of halogens is 2. The topological polar surface area (TPSA) is 82.1 Å². The molecule has 3 rings (SSSR count). The monoisotopic (exact) mass is 459 g/mol. The molecule has 2 aromatic carbocycles. The summed E-state index contributed by atoms with van der Waals surface area (Å²) in [7, 11) is -3.75. The van der Waals surface area contributed by atoms with Gasteiger partial charge in [0, 0.05) is 18.1 Å². The van der Waals surface area contributed by atoms with Crippen LogP contribution >= 0.6 is 23.2 Å². The first-order valence-electron chi connectivity index (χ1n) is 8.81. The number of hydrogen-bond donors (Lipinski definition) is 0. The highest BCUT2D eigenvalue weighted by Crippen LogP contribution is 2.24.